The molecule has 27 heavy (non-hydrogen) atoms. The SMILES string of the molecule is Cc1ccc(N)cc1C(=O)Nc1ccccc1OCC(=O)N1CCOCC1. The number of hydrogen-bond donors (Lipinski definition) is 2. The molecule has 2 amide bonds. The highest BCUT2D eigenvalue weighted by atomic mass is 16.5. The van der Waals surface area contributed by atoms with Gasteiger partial charge in [-0.15, -0.1) is 0 Å². The monoisotopic (exact) mass is 369 g/mol. The maximum absolute atomic E-state index is 12.6. The molecule has 0 spiro atoms. The zero-order chi connectivity index (χ0) is 19.2. The summed E-state index contributed by atoms with van der Waals surface area (Å²) >= 11 is 0. The topological polar surface area (TPSA) is 93.9 Å². The van der Waals surface area contributed by atoms with E-state index in [1.807, 2.05) is 6.92 Å². The summed E-state index contributed by atoms with van der Waals surface area (Å²) in [6.45, 7) is 3.96. The molecule has 1 aliphatic rings. The number of rotatable bonds is 5. The Bertz CT molecular complexity index is 832. The molecule has 7 heteroatoms. The third kappa shape index (κ3) is 4.77. The quantitative estimate of drug-likeness (QED) is 0.787. The molecule has 0 unspecified atom stereocenters. The van der Waals surface area contributed by atoms with Gasteiger partial charge in [-0.2, -0.15) is 0 Å². The van der Waals surface area contributed by atoms with Crippen molar-refractivity contribution < 1.29 is 19.1 Å². The Morgan fingerprint density at radius 2 is 1.93 bits per heavy atom. The second-order valence-corrected chi connectivity index (χ2v) is 6.31. The van der Waals surface area contributed by atoms with Gasteiger partial charge in [-0.05, 0) is 36.8 Å². The van der Waals surface area contributed by atoms with Crippen LogP contribution in [-0.2, 0) is 9.53 Å². The van der Waals surface area contributed by atoms with Gasteiger partial charge in [0.2, 0.25) is 0 Å². The third-order valence-electron chi connectivity index (χ3n) is 4.36. The van der Waals surface area contributed by atoms with Gasteiger partial charge in [0.05, 0.1) is 18.9 Å². The van der Waals surface area contributed by atoms with Crippen LogP contribution < -0.4 is 15.8 Å². The lowest BCUT2D eigenvalue weighted by molar-refractivity contribution is -0.137. The van der Waals surface area contributed by atoms with E-state index >= 15 is 0 Å². The highest BCUT2D eigenvalue weighted by Gasteiger charge is 2.18. The minimum absolute atomic E-state index is 0.0931. The molecule has 142 valence electrons. The van der Waals surface area contributed by atoms with Crippen molar-refractivity contribution in [3.8, 4) is 5.75 Å². The molecule has 3 N–H and O–H groups in total. The van der Waals surface area contributed by atoms with Crippen LogP contribution in [0.4, 0.5) is 11.4 Å². The number of para-hydroxylation sites is 2. The number of morpholine rings is 1. The van der Waals surface area contributed by atoms with Gasteiger partial charge in [-0.25, -0.2) is 0 Å². The van der Waals surface area contributed by atoms with E-state index in [0.29, 0.717) is 49.0 Å². The Morgan fingerprint density at radius 3 is 2.70 bits per heavy atom. The Morgan fingerprint density at radius 1 is 1.19 bits per heavy atom. The van der Waals surface area contributed by atoms with Crippen molar-refractivity contribution in [3.63, 3.8) is 0 Å². The van der Waals surface area contributed by atoms with Crippen LogP contribution in [0.25, 0.3) is 0 Å². The zero-order valence-electron chi connectivity index (χ0n) is 15.2. The molecule has 0 radical (unpaired) electrons. The number of amides is 2. The van der Waals surface area contributed by atoms with Crippen molar-refractivity contribution in [2.24, 2.45) is 0 Å². The Hall–Kier alpha value is -3.06. The Labute approximate surface area is 158 Å². The number of hydrogen-bond acceptors (Lipinski definition) is 5. The summed E-state index contributed by atoms with van der Waals surface area (Å²) in [7, 11) is 0. The van der Waals surface area contributed by atoms with Gasteiger partial charge in [-0.1, -0.05) is 18.2 Å². The van der Waals surface area contributed by atoms with Crippen LogP contribution in [0.2, 0.25) is 0 Å². The molecular weight excluding hydrogens is 346 g/mol. The Balaban J connectivity index is 1.67. The minimum atomic E-state index is -0.282. The van der Waals surface area contributed by atoms with Crippen molar-refractivity contribution in [1.29, 1.82) is 0 Å². The number of benzene rings is 2. The lowest BCUT2D eigenvalue weighted by atomic mass is 10.1. The molecule has 0 aromatic heterocycles. The summed E-state index contributed by atoms with van der Waals surface area (Å²) in [6, 6.07) is 12.2. The molecule has 1 heterocycles. The molecular formula is C20H23N3O4. The number of nitrogens with one attached hydrogen (secondary N) is 1. The second-order valence-electron chi connectivity index (χ2n) is 6.31. The number of nitrogens with two attached hydrogens (primary N) is 1. The fraction of sp³-hybridized carbons (Fsp3) is 0.300. The largest absolute Gasteiger partial charge is 0.482 e. The smallest absolute Gasteiger partial charge is 0.260 e. The van der Waals surface area contributed by atoms with Crippen LogP contribution in [0.15, 0.2) is 42.5 Å². The van der Waals surface area contributed by atoms with Crippen LogP contribution in [0, 0.1) is 6.92 Å². The maximum Gasteiger partial charge on any atom is 0.260 e. The molecule has 1 aliphatic heterocycles. The lowest BCUT2D eigenvalue weighted by Crippen LogP contribution is -2.43. The van der Waals surface area contributed by atoms with E-state index < -0.39 is 0 Å². The van der Waals surface area contributed by atoms with Gasteiger partial charge in [-0.3, -0.25) is 9.59 Å². The fourth-order valence-corrected chi connectivity index (χ4v) is 2.81. The van der Waals surface area contributed by atoms with Crippen LogP contribution in [0.3, 0.4) is 0 Å². The average molecular weight is 369 g/mol. The van der Waals surface area contributed by atoms with Gasteiger partial charge in [0.15, 0.2) is 6.61 Å². The number of anilines is 2. The number of aryl methyl sites for hydroxylation is 1. The molecule has 1 fully saturated rings. The molecule has 3 rings (SSSR count). The maximum atomic E-state index is 12.6. The van der Waals surface area contributed by atoms with Crippen LogP contribution in [0.1, 0.15) is 15.9 Å². The standard InChI is InChI=1S/C20H23N3O4/c1-14-6-7-15(21)12-16(14)20(25)22-17-4-2-3-5-18(17)27-13-19(24)23-8-10-26-11-9-23/h2-7,12H,8-11,13,21H2,1H3,(H,22,25). The molecule has 1 saturated heterocycles. The van der Waals surface area contributed by atoms with Gasteiger partial charge in [0, 0.05) is 24.3 Å². The van der Waals surface area contributed by atoms with Crippen LogP contribution in [-0.4, -0.2) is 49.6 Å². The van der Waals surface area contributed by atoms with Gasteiger partial charge < -0.3 is 25.4 Å². The zero-order valence-corrected chi connectivity index (χ0v) is 15.2. The molecule has 0 aliphatic carbocycles. The van der Waals surface area contributed by atoms with E-state index in [9.17, 15) is 9.59 Å². The van der Waals surface area contributed by atoms with E-state index in [-0.39, 0.29) is 18.4 Å². The molecule has 7 nitrogen and oxygen atoms in total. The van der Waals surface area contributed by atoms with Gasteiger partial charge >= 0.3 is 0 Å². The van der Waals surface area contributed by atoms with E-state index in [4.69, 9.17) is 15.2 Å². The predicted octanol–water partition coefficient (Wildman–Crippen LogP) is 2.07. The first-order valence-corrected chi connectivity index (χ1v) is 8.79. The predicted molar refractivity (Wildman–Crippen MR) is 103 cm³/mol. The van der Waals surface area contributed by atoms with Crippen molar-refractivity contribution in [2.75, 3.05) is 44.0 Å². The highest BCUT2D eigenvalue weighted by molar-refractivity contribution is 6.06. The van der Waals surface area contributed by atoms with Crippen molar-refractivity contribution in [1.82, 2.24) is 4.90 Å². The van der Waals surface area contributed by atoms with Crippen molar-refractivity contribution in [2.45, 2.75) is 6.92 Å². The summed E-state index contributed by atoms with van der Waals surface area (Å²) in [5.74, 6) is 0.0514. The molecule has 2 aromatic rings. The number of ether oxygens (including phenoxy) is 2. The first-order chi connectivity index (χ1) is 13.0. The fourth-order valence-electron chi connectivity index (χ4n) is 2.81. The van der Waals surface area contributed by atoms with E-state index in [2.05, 4.69) is 5.32 Å². The second kappa shape index (κ2) is 8.55. The normalized spacial score (nSPS) is 13.9. The molecule has 0 atom stereocenters. The first-order valence-electron chi connectivity index (χ1n) is 8.79. The number of nitrogens with zero attached hydrogens (tertiary/aromatic N) is 1. The lowest BCUT2D eigenvalue weighted by Gasteiger charge is -2.26. The van der Waals surface area contributed by atoms with E-state index in [1.165, 1.54) is 0 Å². The summed E-state index contributed by atoms with van der Waals surface area (Å²) in [6.07, 6.45) is 0. The molecule has 0 saturated carbocycles. The number of carbonyl (C=O) groups is 2. The first kappa shape index (κ1) is 18.7. The van der Waals surface area contributed by atoms with E-state index in [0.717, 1.165) is 5.56 Å². The summed E-state index contributed by atoms with van der Waals surface area (Å²) in [5, 5.41) is 2.83. The van der Waals surface area contributed by atoms with Gasteiger partial charge in [0.1, 0.15) is 5.75 Å². The Kier molecular flexibility index (Phi) is 5.93. The number of nitrogen functional groups attached to an aromatic ring is 1. The summed E-state index contributed by atoms with van der Waals surface area (Å²) < 4.78 is 10.9. The molecule has 2 aromatic carbocycles. The van der Waals surface area contributed by atoms with Crippen molar-refractivity contribution in [3.05, 3.63) is 53.6 Å². The minimum Gasteiger partial charge on any atom is -0.482 e. The molecule has 0 bridgehead atoms. The van der Waals surface area contributed by atoms with Gasteiger partial charge in [0.25, 0.3) is 11.8 Å². The van der Waals surface area contributed by atoms with Crippen LogP contribution in [0.5, 0.6) is 5.75 Å². The summed E-state index contributed by atoms with van der Waals surface area (Å²) in [5.41, 5.74) is 8.12. The van der Waals surface area contributed by atoms with Crippen LogP contribution >= 0.6 is 0 Å². The average Bonchev–Trinajstić information content (AvgIpc) is 2.69. The van der Waals surface area contributed by atoms with Crippen molar-refractivity contribution >= 4 is 23.2 Å². The summed E-state index contributed by atoms with van der Waals surface area (Å²) in [4.78, 5) is 26.6. The third-order valence-corrected chi connectivity index (χ3v) is 4.36. The van der Waals surface area contributed by atoms with E-state index in [1.54, 1.807) is 47.4 Å². The number of carbonyl (C=O) groups excluding carboxylic acids is 2. The highest BCUT2D eigenvalue weighted by Crippen LogP contribution is 2.25.